The van der Waals surface area contributed by atoms with Gasteiger partial charge in [0.05, 0.1) is 31.0 Å². The van der Waals surface area contributed by atoms with E-state index in [1.54, 1.807) is 41.6 Å². The maximum atomic E-state index is 15.6. The normalized spacial score (nSPS) is 18.0. The summed E-state index contributed by atoms with van der Waals surface area (Å²) in [7, 11) is 1.48. The molecule has 2 saturated heterocycles. The first kappa shape index (κ1) is 57.6. The van der Waals surface area contributed by atoms with Crippen LogP contribution in [-0.4, -0.2) is 111 Å². The number of anilines is 3. The molecular weight excluding hydrogens is 1020 g/mol. The molecule has 0 spiro atoms. The van der Waals surface area contributed by atoms with Crippen molar-refractivity contribution < 1.29 is 59.4 Å². The predicted molar refractivity (Wildman–Crippen MR) is 272 cm³/mol. The third-order valence-corrected chi connectivity index (χ3v) is 13.4. The van der Waals surface area contributed by atoms with E-state index >= 15 is 4.39 Å². The summed E-state index contributed by atoms with van der Waals surface area (Å²) in [5.74, 6) is -1.36. The maximum Gasteiger partial charge on any atom is 0.418 e. The largest absolute Gasteiger partial charge is 1.00 e. The molecule has 24 heteroatoms. The van der Waals surface area contributed by atoms with Crippen LogP contribution < -0.4 is 53.6 Å². The van der Waals surface area contributed by atoms with Crippen molar-refractivity contribution in [2.45, 2.75) is 83.2 Å². The number of hydrogen-bond donors (Lipinski definition) is 3. The highest BCUT2D eigenvalue weighted by atomic mass is 35.5. The zero-order valence-corrected chi connectivity index (χ0v) is 43.7. The van der Waals surface area contributed by atoms with Gasteiger partial charge in [-0.15, -0.1) is 17.1 Å². The summed E-state index contributed by atoms with van der Waals surface area (Å²) in [6.45, 7) is 9.03. The Labute approximate surface area is 445 Å². The molecule has 6 atom stereocenters. The molecule has 0 bridgehead atoms. The van der Waals surface area contributed by atoms with E-state index in [9.17, 15) is 23.9 Å². The number of aliphatic hydroxyl groups excluding tert-OH is 1. The van der Waals surface area contributed by atoms with Crippen molar-refractivity contribution in [3.05, 3.63) is 137 Å². The van der Waals surface area contributed by atoms with Crippen molar-refractivity contribution in [1.82, 2.24) is 29.1 Å². The number of carbonyl (C=O) groups is 2. The van der Waals surface area contributed by atoms with E-state index in [0.29, 0.717) is 29.8 Å². The molecule has 6 aromatic rings. The van der Waals surface area contributed by atoms with Crippen molar-refractivity contribution in [3.8, 4) is 11.4 Å². The Kier molecular flexibility index (Phi) is 19.7. The fraction of sp³-hybridized carbons (Fsp3) is 0.431. The average Bonchev–Trinajstić information content (AvgIpc) is 4.14. The Bertz CT molecular complexity index is 2890. The van der Waals surface area contributed by atoms with Crippen LogP contribution in [0.15, 0.2) is 109 Å². The molecule has 3 aromatic carbocycles. The van der Waals surface area contributed by atoms with Crippen LogP contribution in [0.4, 0.5) is 30.8 Å². The number of rotatable bonds is 20. The lowest BCUT2D eigenvalue weighted by molar-refractivity contribution is -0.753. The number of halogens is 4. The third-order valence-electron chi connectivity index (χ3n) is 13.4. The Morgan fingerprint density at radius 2 is 1.65 bits per heavy atom. The molecular formula is C51H64Cl2F2N12O8. The van der Waals surface area contributed by atoms with Crippen molar-refractivity contribution in [2.75, 3.05) is 67.7 Å². The van der Waals surface area contributed by atoms with E-state index in [-0.39, 0.29) is 87.1 Å². The first-order valence-electron chi connectivity index (χ1n) is 24.4. The second-order valence-corrected chi connectivity index (χ2v) is 18.5. The number of carbonyl (C=O) groups excluding carboxylic acids is 2. The number of amides is 1. The van der Waals surface area contributed by atoms with Gasteiger partial charge in [-0.05, 0) is 93.4 Å². The number of nitrogens with zero attached hydrogens (tertiary/aromatic N) is 10. The number of pyridine rings is 1. The first-order chi connectivity index (χ1) is 35.2. The highest BCUT2D eigenvalue weighted by Crippen LogP contribution is 2.42. The van der Waals surface area contributed by atoms with Gasteiger partial charge in [0.1, 0.15) is 54.3 Å². The number of esters is 1. The number of nitrogens with two attached hydrogens (primary N) is 2. The molecule has 1 unspecified atom stereocenters. The first-order valence-corrected chi connectivity index (χ1v) is 24.4. The molecule has 3 aromatic heterocycles. The molecule has 0 aliphatic carbocycles. The molecule has 1 amide bonds. The predicted octanol–water partition coefficient (Wildman–Crippen LogP) is 1.80. The van der Waals surface area contributed by atoms with Crippen LogP contribution in [0, 0.1) is 17.6 Å². The standard InChI is InChI=1S/C51H63F2N12O8.2ClH/c1-5-46(34(2)66)65-49(68)64(32-58-65)41-11-9-39(10-12-41)60-21-23-61(24-22-60)40-13-15-42(16-14-40)70-27-36-26-51(72-28-36,43-17-8-38(52)25-44(43)53)30-63-33-62(31-57-63)35(3)73-50(69)59(4)47-37(7-6-20-56-47)29-71-48(67)45(55)18-19-54;;/h6-17,20,25,31-36,45-46,66H,5,18-19,21-24,26-30,54-55H2,1-4H3;2*1H/q+1;;/p-1/t34-,35?,36+,45-,46-,51-;;/m0../s1. The van der Waals surface area contributed by atoms with Crippen LogP contribution >= 0.6 is 12.4 Å². The molecule has 2 aliphatic rings. The molecule has 404 valence electrons. The van der Waals surface area contributed by atoms with E-state index in [1.165, 1.54) is 52.2 Å². The fourth-order valence-electron chi connectivity index (χ4n) is 9.31. The van der Waals surface area contributed by atoms with Crippen LogP contribution in [0.2, 0.25) is 0 Å². The summed E-state index contributed by atoms with van der Waals surface area (Å²) in [6.07, 6.45) is 4.93. The van der Waals surface area contributed by atoms with Gasteiger partial charge in [-0.1, -0.05) is 19.1 Å². The lowest BCUT2D eigenvalue weighted by atomic mass is 9.87. The van der Waals surface area contributed by atoms with E-state index in [0.717, 1.165) is 43.6 Å². The van der Waals surface area contributed by atoms with Gasteiger partial charge in [0, 0.05) is 85.9 Å². The van der Waals surface area contributed by atoms with Crippen molar-refractivity contribution in [1.29, 1.82) is 0 Å². The molecule has 8 rings (SSSR count). The van der Waals surface area contributed by atoms with E-state index in [1.807, 2.05) is 55.5 Å². The van der Waals surface area contributed by atoms with Gasteiger partial charge in [0.25, 0.3) is 6.33 Å². The van der Waals surface area contributed by atoms with Gasteiger partial charge in [0.2, 0.25) is 12.6 Å². The number of benzene rings is 3. The summed E-state index contributed by atoms with van der Waals surface area (Å²) < 4.78 is 59.6. The quantitative estimate of drug-likeness (QED) is 0.0732. The minimum absolute atomic E-state index is 0. The van der Waals surface area contributed by atoms with Crippen molar-refractivity contribution in [2.24, 2.45) is 17.4 Å². The highest BCUT2D eigenvalue weighted by Gasteiger charge is 2.46. The fourth-order valence-corrected chi connectivity index (χ4v) is 9.31. The summed E-state index contributed by atoms with van der Waals surface area (Å²) in [5, 5.41) is 18.9. The number of aromatic nitrogens is 7. The molecule has 5 N–H and O–H groups in total. The Balaban J connectivity index is 0.00000457. The van der Waals surface area contributed by atoms with Gasteiger partial charge < -0.3 is 57.7 Å². The summed E-state index contributed by atoms with van der Waals surface area (Å²) in [4.78, 5) is 48.9. The second-order valence-electron chi connectivity index (χ2n) is 18.5. The zero-order valence-electron chi connectivity index (χ0n) is 42.2. The van der Waals surface area contributed by atoms with E-state index < -0.39 is 53.7 Å². The van der Waals surface area contributed by atoms with E-state index in [2.05, 4.69) is 25.0 Å². The highest BCUT2D eigenvalue weighted by molar-refractivity contribution is 5.86. The minimum Gasteiger partial charge on any atom is -1.00 e. The molecule has 2 aliphatic heterocycles. The molecule has 5 heterocycles. The third kappa shape index (κ3) is 13.4. The lowest BCUT2D eigenvalue weighted by Gasteiger charge is -2.37. The zero-order chi connectivity index (χ0) is 51.8. The molecule has 0 saturated carbocycles. The molecule has 75 heavy (non-hydrogen) atoms. The van der Waals surface area contributed by atoms with Crippen LogP contribution in [0.1, 0.15) is 63.4 Å². The number of aliphatic hydroxyl groups is 1. The maximum absolute atomic E-state index is 15.6. The monoisotopic (exact) mass is 1080 g/mol. The van der Waals surface area contributed by atoms with Gasteiger partial charge in [-0.2, -0.15) is 9.67 Å². The minimum atomic E-state index is -1.24. The molecule has 2 fully saturated rings. The van der Waals surface area contributed by atoms with Gasteiger partial charge in [0.15, 0.2) is 0 Å². The van der Waals surface area contributed by atoms with Crippen molar-refractivity contribution >= 4 is 41.7 Å². The number of piperazine rings is 1. The van der Waals surface area contributed by atoms with Gasteiger partial charge >= 0.3 is 17.8 Å². The Morgan fingerprint density at radius 1 is 0.987 bits per heavy atom. The number of hydrogen-bond acceptors (Lipinski definition) is 15. The van der Waals surface area contributed by atoms with Crippen LogP contribution in [0.25, 0.3) is 5.69 Å². The summed E-state index contributed by atoms with van der Waals surface area (Å²) in [6, 6.07) is 21.2. The molecule has 20 nitrogen and oxygen atoms in total. The number of ether oxygens (including phenoxy) is 4. The molecule has 0 radical (unpaired) electrons. The van der Waals surface area contributed by atoms with Crippen molar-refractivity contribution in [3.63, 3.8) is 0 Å². The van der Waals surface area contributed by atoms with Gasteiger partial charge in [-0.3, -0.25) is 9.69 Å². The lowest BCUT2D eigenvalue weighted by Crippen LogP contribution is -3.00. The summed E-state index contributed by atoms with van der Waals surface area (Å²) >= 11 is 0. The smallest absolute Gasteiger partial charge is 0.418 e. The van der Waals surface area contributed by atoms with Crippen LogP contribution in [-0.2, 0) is 37.8 Å². The van der Waals surface area contributed by atoms with Crippen LogP contribution in [0.3, 0.4) is 0 Å². The van der Waals surface area contributed by atoms with Gasteiger partial charge in [-0.25, -0.2) is 32.6 Å². The Hall–Kier alpha value is -6.69. The topological polar surface area (TPSA) is 227 Å². The second kappa shape index (κ2) is 25.7. The van der Waals surface area contributed by atoms with E-state index in [4.69, 9.17) is 30.4 Å². The van der Waals surface area contributed by atoms with Crippen LogP contribution in [0.5, 0.6) is 5.75 Å². The SMILES string of the molecule is CC[C@@H]([C@H](C)O)n1ncn(-c2ccc(N3CCN(c4ccc(OC[C@@H]5CO[C@@](Cn6c[n+](C(C)OC(=O)N(C)c7ncccc7COC(=O)[C@@H](N)CCN)cn6)(c6ccc(F)cc6F)C5)cc4)CC3)cc2)c1=O.Cl.[Cl-]. The average molecular weight is 1080 g/mol. The summed E-state index contributed by atoms with van der Waals surface area (Å²) in [5.41, 5.74) is 13.2. The Morgan fingerprint density at radius 3 is 2.29 bits per heavy atom.